The van der Waals surface area contributed by atoms with Gasteiger partial charge in [-0.2, -0.15) is 13.2 Å². The minimum absolute atomic E-state index is 0.0800. The molecule has 4 nitrogen and oxygen atoms in total. The maximum Gasteiger partial charge on any atom is 0.416 e. The lowest BCUT2D eigenvalue weighted by atomic mass is 9.84. The molecule has 2 aliphatic rings. The number of Topliss-reactive ketones (excluding diaryl/α,β-unsaturated/α-hetero) is 1. The largest absolute Gasteiger partial charge is 0.416 e. The number of halogens is 3. The van der Waals surface area contributed by atoms with Gasteiger partial charge in [-0.05, 0) is 80.1 Å². The molecule has 1 aliphatic carbocycles. The molecule has 8 heteroatoms. The number of nitrogens with one attached hydrogen (secondary N) is 1. The van der Waals surface area contributed by atoms with E-state index in [1.807, 2.05) is 11.3 Å². The van der Waals surface area contributed by atoms with Crippen LogP contribution in [0.4, 0.5) is 13.2 Å². The second-order valence-corrected chi connectivity index (χ2v) is 10.2. The zero-order valence-electron chi connectivity index (χ0n) is 18.4. The molecule has 1 N–H and O–H groups in total. The van der Waals surface area contributed by atoms with Crippen LogP contribution in [0, 0.1) is 5.92 Å². The van der Waals surface area contributed by atoms with Crippen molar-refractivity contribution >= 4 is 23.0 Å². The normalized spacial score (nSPS) is 24.0. The molecular formula is C25H29F3N2O2S. The number of hydrogen-bond acceptors (Lipinski definition) is 4. The van der Waals surface area contributed by atoms with E-state index in [4.69, 9.17) is 0 Å². The fourth-order valence-electron chi connectivity index (χ4n) is 5.12. The van der Waals surface area contributed by atoms with E-state index in [1.54, 1.807) is 0 Å². The Bertz CT molecular complexity index is 953. The fraction of sp³-hybridized carbons (Fsp3) is 0.520. The Kier molecular flexibility index (Phi) is 7.54. The van der Waals surface area contributed by atoms with Crippen molar-refractivity contribution in [3.63, 3.8) is 0 Å². The van der Waals surface area contributed by atoms with Gasteiger partial charge < -0.3 is 10.2 Å². The summed E-state index contributed by atoms with van der Waals surface area (Å²) in [5.74, 6) is 0.216. The summed E-state index contributed by atoms with van der Waals surface area (Å²) in [7, 11) is 0. The van der Waals surface area contributed by atoms with Crippen LogP contribution in [0.5, 0.6) is 0 Å². The van der Waals surface area contributed by atoms with Crippen LogP contribution < -0.4 is 5.32 Å². The van der Waals surface area contributed by atoms with Crippen LogP contribution in [0.25, 0.3) is 0 Å². The van der Waals surface area contributed by atoms with Crippen LogP contribution in [0.2, 0.25) is 0 Å². The molecule has 1 atom stereocenters. The van der Waals surface area contributed by atoms with Gasteiger partial charge in [0.25, 0.3) is 5.91 Å². The van der Waals surface area contributed by atoms with Crippen LogP contribution in [0.3, 0.4) is 0 Å². The third-order valence-corrected chi connectivity index (χ3v) is 7.93. The Morgan fingerprint density at radius 2 is 1.85 bits per heavy atom. The maximum absolute atomic E-state index is 12.8. The van der Waals surface area contributed by atoms with E-state index in [0.29, 0.717) is 18.4 Å². The molecule has 178 valence electrons. The molecule has 2 heterocycles. The van der Waals surface area contributed by atoms with Crippen molar-refractivity contribution in [1.29, 1.82) is 0 Å². The SMILES string of the molecule is O=C(CNC(=O)c1cccc(C(F)(F)F)c1)C[C@@H]1CCN(C2CCC(c3cccs3)CC2)C1. The third kappa shape index (κ3) is 6.23. The first-order valence-corrected chi connectivity index (χ1v) is 12.4. The summed E-state index contributed by atoms with van der Waals surface area (Å²) in [4.78, 5) is 28.6. The Morgan fingerprint density at radius 1 is 1.06 bits per heavy atom. The van der Waals surface area contributed by atoms with Crippen molar-refractivity contribution in [2.75, 3.05) is 19.6 Å². The van der Waals surface area contributed by atoms with E-state index in [1.165, 1.54) is 42.7 Å². The average Bonchev–Trinajstić information content (AvgIpc) is 3.50. The first-order valence-electron chi connectivity index (χ1n) is 11.5. The highest BCUT2D eigenvalue weighted by atomic mass is 32.1. The molecule has 2 fully saturated rings. The van der Waals surface area contributed by atoms with Gasteiger partial charge in [0.1, 0.15) is 0 Å². The van der Waals surface area contributed by atoms with Crippen molar-refractivity contribution in [1.82, 2.24) is 10.2 Å². The van der Waals surface area contributed by atoms with Gasteiger partial charge in [0.15, 0.2) is 5.78 Å². The van der Waals surface area contributed by atoms with Gasteiger partial charge in [-0.25, -0.2) is 0 Å². The second kappa shape index (κ2) is 10.4. The lowest BCUT2D eigenvalue weighted by Gasteiger charge is -2.34. The standard InChI is InChI=1S/C25H29F3N2O2S/c26-25(27,28)20-4-1-3-19(14-20)24(32)29-15-22(31)13-17-10-11-30(16-17)21-8-6-18(7-9-21)23-5-2-12-33-23/h1-5,12,14,17-18,21H,6-11,13,15-16H2,(H,29,32)/t17-,18?,21?/m0/s1. The van der Waals surface area contributed by atoms with Gasteiger partial charge in [0.05, 0.1) is 12.1 Å². The van der Waals surface area contributed by atoms with Crippen molar-refractivity contribution in [3.05, 3.63) is 57.8 Å². The Balaban J connectivity index is 1.19. The van der Waals surface area contributed by atoms with Crippen molar-refractivity contribution in [2.24, 2.45) is 5.92 Å². The Labute approximate surface area is 196 Å². The molecule has 0 spiro atoms. The van der Waals surface area contributed by atoms with Gasteiger partial charge in [-0.3, -0.25) is 9.59 Å². The van der Waals surface area contributed by atoms with E-state index >= 15 is 0 Å². The number of alkyl halides is 3. The Hall–Kier alpha value is -2.19. The predicted molar refractivity (Wildman–Crippen MR) is 122 cm³/mol. The zero-order chi connectivity index (χ0) is 23.4. The van der Waals surface area contributed by atoms with Crippen LogP contribution in [0.1, 0.15) is 65.2 Å². The van der Waals surface area contributed by atoms with Gasteiger partial charge in [0.2, 0.25) is 0 Å². The van der Waals surface area contributed by atoms with Crippen LogP contribution in [0.15, 0.2) is 41.8 Å². The molecule has 1 aromatic carbocycles. The number of thiophene rings is 1. The predicted octanol–water partition coefficient (Wildman–Crippen LogP) is 5.50. The molecule has 1 aliphatic heterocycles. The summed E-state index contributed by atoms with van der Waals surface area (Å²) >= 11 is 1.85. The number of ketones is 1. The summed E-state index contributed by atoms with van der Waals surface area (Å²) in [5.41, 5.74) is -0.972. The van der Waals surface area contributed by atoms with Gasteiger partial charge >= 0.3 is 6.18 Å². The smallest absolute Gasteiger partial charge is 0.345 e. The average molecular weight is 479 g/mol. The number of nitrogens with zero attached hydrogens (tertiary/aromatic N) is 1. The number of amides is 1. The first-order chi connectivity index (χ1) is 15.8. The van der Waals surface area contributed by atoms with E-state index < -0.39 is 17.6 Å². The zero-order valence-corrected chi connectivity index (χ0v) is 19.3. The van der Waals surface area contributed by atoms with E-state index in [2.05, 4.69) is 27.7 Å². The highest BCUT2D eigenvalue weighted by molar-refractivity contribution is 7.10. The minimum Gasteiger partial charge on any atom is -0.345 e. The summed E-state index contributed by atoms with van der Waals surface area (Å²) in [6, 6.07) is 9.18. The lowest BCUT2D eigenvalue weighted by Crippen LogP contribution is -2.36. The number of carbonyl (C=O) groups excluding carboxylic acids is 2. The fourth-order valence-corrected chi connectivity index (χ4v) is 6.02. The van der Waals surface area contributed by atoms with Crippen molar-refractivity contribution in [3.8, 4) is 0 Å². The Morgan fingerprint density at radius 3 is 2.55 bits per heavy atom. The number of carbonyl (C=O) groups is 2. The van der Waals surface area contributed by atoms with E-state index in [9.17, 15) is 22.8 Å². The summed E-state index contributed by atoms with van der Waals surface area (Å²) in [6.45, 7) is 1.75. The molecule has 33 heavy (non-hydrogen) atoms. The van der Waals surface area contributed by atoms with E-state index in [-0.39, 0.29) is 23.8 Å². The molecule has 4 rings (SSSR count). The van der Waals surface area contributed by atoms with Gasteiger partial charge in [0, 0.05) is 29.4 Å². The third-order valence-electron chi connectivity index (χ3n) is 6.89. The molecule has 1 amide bonds. The maximum atomic E-state index is 12.8. The first kappa shape index (κ1) is 24.0. The molecule has 2 aromatic rings. The molecule has 0 unspecified atom stereocenters. The molecule has 1 aromatic heterocycles. The van der Waals surface area contributed by atoms with Crippen LogP contribution in [-0.2, 0) is 11.0 Å². The minimum atomic E-state index is -4.51. The van der Waals surface area contributed by atoms with Crippen LogP contribution >= 0.6 is 11.3 Å². The van der Waals surface area contributed by atoms with Gasteiger partial charge in [-0.1, -0.05) is 12.1 Å². The van der Waals surface area contributed by atoms with E-state index in [0.717, 1.165) is 31.6 Å². The second-order valence-electron chi connectivity index (χ2n) is 9.17. The highest BCUT2D eigenvalue weighted by Gasteiger charge is 2.33. The molecule has 1 saturated heterocycles. The monoisotopic (exact) mass is 478 g/mol. The van der Waals surface area contributed by atoms with Crippen LogP contribution in [-0.4, -0.2) is 42.3 Å². The van der Waals surface area contributed by atoms with Gasteiger partial charge in [-0.15, -0.1) is 11.3 Å². The molecule has 0 radical (unpaired) electrons. The summed E-state index contributed by atoms with van der Waals surface area (Å²) < 4.78 is 38.5. The van der Waals surface area contributed by atoms with Crippen molar-refractivity contribution in [2.45, 2.75) is 56.7 Å². The van der Waals surface area contributed by atoms with Crippen molar-refractivity contribution < 1.29 is 22.8 Å². The summed E-state index contributed by atoms with van der Waals surface area (Å²) in [5, 5.41) is 4.62. The topological polar surface area (TPSA) is 49.4 Å². The quantitative estimate of drug-likeness (QED) is 0.571. The lowest BCUT2D eigenvalue weighted by molar-refractivity contribution is -0.137. The molecular weight excluding hydrogens is 449 g/mol. The number of rotatable bonds is 7. The number of likely N-dealkylation sites (tertiary alicyclic amines) is 1. The number of benzene rings is 1. The molecule has 1 saturated carbocycles. The number of hydrogen-bond donors (Lipinski definition) is 1. The summed E-state index contributed by atoms with van der Waals surface area (Å²) in [6.07, 6.45) is 1.66. The molecule has 0 bridgehead atoms. The highest BCUT2D eigenvalue weighted by Crippen LogP contribution is 2.38.